The van der Waals surface area contributed by atoms with E-state index in [0.717, 1.165) is 43.7 Å². The second kappa shape index (κ2) is 12.9. The first-order chi connectivity index (χ1) is 13.6. The fourth-order valence-electron chi connectivity index (χ4n) is 4.16. The lowest BCUT2D eigenvalue weighted by atomic mass is 9.87. The molecule has 1 saturated carbocycles. The van der Waals surface area contributed by atoms with Gasteiger partial charge in [-0.1, -0.05) is 62.6 Å². The minimum atomic E-state index is -0.516. The van der Waals surface area contributed by atoms with Gasteiger partial charge in [0, 0.05) is 17.7 Å². The minimum Gasteiger partial charge on any atom is -0.387 e. The molecule has 0 spiro atoms. The summed E-state index contributed by atoms with van der Waals surface area (Å²) in [6, 6.07) is 7.32. The maximum atomic E-state index is 11.0. The van der Waals surface area contributed by atoms with Gasteiger partial charge in [-0.25, -0.2) is 5.48 Å². The molecular formula is C22H33ClN2O3. The number of aliphatic hydroxyl groups is 1. The zero-order valence-corrected chi connectivity index (χ0v) is 17.3. The van der Waals surface area contributed by atoms with E-state index in [-0.39, 0.29) is 5.91 Å². The normalized spacial score (nSPS) is 20.5. The third-order valence-electron chi connectivity index (χ3n) is 5.71. The third kappa shape index (κ3) is 8.72. The molecule has 0 radical (unpaired) electrons. The van der Waals surface area contributed by atoms with E-state index in [1.54, 1.807) is 17.8 Å². The number of nitrogens with one attached hydrogen (secondary N) is 1. The Hall–Kier alpha value is -1.43. The van der Waals surface area contributed by atoms with E-state index < -0.39 is 6.10 Å². The number of carbonyl (C=O) groups excluding carboxylic acids is 1. The molecule has 0 aromatic heterocycles. The lowest BCUT2D eigenvalue weighted by Gasteiger charge is -2.20. The number of halogens is 1. The van der Waals surface area contributed by atoms with Crippen LogP contribution < -0.4 is 5.48 Å². The van der Waals surface area contributed by atoms with Crippen molar-refractivity contribution in [3.05, 3.63) is 29.3 Å². The molecular weight excluding hydrogens is 376 g/mol. The van der Waals surface area contributed by atoms with Gasteiger partial charge >= 0.3 is 0 Å². The number of unbranched alkanes of at least 4 members (excludes halogenated alkanes) is 3. The highest BCUT2D eigenvalue weighted by Gasteiger charge is 2.26. The van der Waals surface area contributed by atoms with Crippen molar-refractivity contribution in [1.29, 1.82) is 0 Å². The zero-order valence-electron chi connectivity index (χ0n) is 16.5. The second-order valence-electron chi connectivity index (χ2n) is 7.84. The molecule has 6 heteroatoms. The SMILES string of the molecule is O=C(CCCCCC[C@H]1CCC[C@@H]1CCC(O)C=Nc1cccc(Cl)c1)NO. The summed E-state index contributed by atoms with van der Waals surface area (Å²) in [6.45, 7) is 0. The summed E-state index contributed by atoms with van der Waals surface area (Å²) in [6.07, 6.45) is 12.6. The van der Waals surface area contributed by atoms with Crippen LogP contribution in [0.15, 0.2) is 29.3 Å². The lowest BCUT2D eigenvalue weighted by Crippen LogP contribution is -2.17. The predicted octanol–water partition coefficient (Wildman–Crippen LogP) is 5.45. The van der Waals surface area contributed by atoms with Gasteiger partial charge in [0.05, 0.1) is 11.8 Å². The molecule has 2 rings (SSSR count). The number of nitrogens with zero attached hydrogens (tertiary/aromatic N) is 1. The van der Waals surface area contributed by atoms with Crippen LogP contribution in [-0.4, -0.2) is 28.5 Å². The molecule has 3 N–H and O–H groups in total. The van der Waals surface area contributed by atoms with E-state index in [9.17, 15) is 9.90 Å². The van der Waals surface area contributed by atoms with E-state index in [2.05, 4.69) is 4.99 Å². The molecule has 1 fully saturated rings. The van der Waals surface area contributed by atoms with E-state index >= 15 is 0 Å². The third-order valence-corrected chi connectivity index (χ3v) is 5.94. The van der Waals surface area contributed by atoms with E-state index in [4.69, 9.17) is 16.8 Å². The van der Waals surface area contributed by atoms with Crippen LogP contribution in [0.3, 0.4) is 0 Å². The lowest BCUT2D eigenvalue weighted by molar-refractivity contribution is -0.129. The first kappa shape index (κ1) is 22.9. The van der Waals surface area contributed by atoms with Crippen molar-refractivity contribution in [2.75, 3.05) is 0 Å². The number of hydrogen-bond acceptors (Lipinski definition) is 4. The smallest absolute Gasteiger partial charge is 0.243 e. The summed E-state index contributed by atoms with van der Waals surface area (Å²) in [4.78, 5) is 15.3. The van der Waals surface area contributed by atoms with Gasteiger partial charge in [0.15, 0.2) is 0 Å². The number of hydroxylamine groups is 1. The van der Waals surface area contributed by atoms with Gasteiger partial charge in [-0.15, -0.1) is 0 Å². The van der Waals surface area contributed by atoms with Gasteiger partial charge in [0.1, 0.15) is 0 Å². The zero-order chi connectivity index (χ0) is 20.2. The van der Waals surface area contributed by atoms with Crippen LogP contribution in [0.1, 0.15) is 70.6 Å². The summed E-state index contributed by atoms with van der Waals surface area (Å²) < 4.78 is 0. The monoisotopic (exact) mass is 408 g/mol. The van der Waals surface area contributed by atoms with E-state index in [1.165, 1.54) is 32.1 Å². The van der Waals surface area contributed by atoms with E-state index in [1.807, 2.05) is 18.2 Å². The van der Waals surface area contributed by atoms with Crippen molar-refractivity contribution in [3.8, 4) is 0 Å². The molecule has 0 heterocycles. The molecule has 28 heavy (non-hydrogen) atoms. The maximum Gasteiger partial charge on any atom is 0.243 e. The molecule has 156 valence electrons. The van der Waals surface area contributed by atoms with Crippen molar-refractivity contribution < 1.29 is 15.1 Å². The van der Waals surface area contributed by atoms with Crippen LogP contribution in [-0.2, 0) is 4.79 Å². The van der Waals surface area contributed by atoms with Crippen molar-refractivity contribution in [2.45, 2.75) is 76.7 Å². The molecule has 0 saturated heterocycles. The fraction of sp³-hybridized carbons (Fsp3) is 0.636. The van der Waals surface area contributed by atoms with Crippen molar-refractivity contribution in [1.82, 2.24) is 5.48 Å². The Kier molecular flexibility index (Phi) is 10.5. The Bertz CT molecular complexity index is 624. The number of rotatable bonds is 12. The minimum absolute atomic E-state index is 0.298. The van der Waals surface area contributed by atoms with Crippen LogP contribution in [0.5, 0.6) is 0 Å². The Balaban J connectivity index is 1.62. The molecule has 1 aliphatic carbocycles. The van der Waals surface area contributed by atoms with Gasteiger partial charge in [-0.3, -0.25) is 15.0 Å². The standard InChI is InChI=1S/C22H33ClN2O3/c23-19-10-6-11-20(15-19)24-16-21(26)14-13-18-9-5-8-17(18)7-3-1-2-4-12-22(27)25-28/h6,10-11,15-18,21,26,28H,1-5,7-9,12-14H2,(H,25,27)/t17-,18+,21?/m0/s1. The molecule has 1 aromatic carbocycles. The Morgan fingerprint density at radius 3 is 2.71 bits per heavy atom. The van der Waals surface area contributed by atoms with Gasteiger partial charge in [0.2, 0.25) is 5.91 Å². The summed E-state index contributed by atoms with van der Waals surface area (Å²) in [7, 11) is 0. The number of aliphatic imine (C=N–C) groups is 1. The second-order valence-corrected chi connectivity index (χ2v) is 8.28. The van der Waals surface area contributed by atoms with Gasteiger partial charge in [-0.05, 0) is 49.3 Å². The highest BCUT2D eigenvalue weighted by atomic mass is 35.5. The van der Waals surface area contributed by atoms with Crippen molar-refractivity contribution in [3.63, 3.8) is 0 Å². The van der Waals surface area contributed by atoms with Crippen LogP contribution in [0.25, 0.3) is 0 Å². The Labute approximate surface area is 173 Å². The first-order valence-corrected chi connectivity index (χ1v) is 10.9. The number of hydrogen-bond donors (Lipinski definition) is 3. The topological polar surface area (TPSA) is 81.9 Å². The highest BCUT2D eigenvalue weighted by Crippen LogP contribution is 2.38. The van der Waals surface area contributed by atoms with Crippen LogP contribution in [0.2, 0.25) is 5.02 Å². The molecule has 1 unspecified atom stereocenters. The molecule has 0 aliphatic heterocycles. The average molecular weight is 409 g/mol. The summed E-state index contributed by atoms with van der Waals surface area (Å²) in [5, 5.41) is 19.4. The molecule has 1 amide bonds. The number of carbonyl (C=O) groups is 1. The van der Waals surface area contributed by atoms with Gasteiger partial charge in [-0.2, -0.15) is 0 Å². The van der Waals surface area contributed by atoms with Crippen LogP contribution in [0, 0.1) is 11.8 Å². The number of benzene rings is 1. The first-order valence-electron chi connectivity index (χ1n) is 10.5. The largest absolute Gasteiger partial charge is 0.387 e. The molecule has 1 aromatic rings. The van der Waals surface area contributed by atoms with Crippen LogP contribution in [0.4, 0.5) is 5.69 Å². The van der Waals surface area contributed by atoms with Crippen molar-refractivity contribution >= 4 is 29.4 Å². The van der Waals surface area contributed by atoms with Gasteiger partial charge in [0.25, 0.3) is 0 Å². The summed E-state index contributed by atoms with van der Waals surface area (Å²) in [5.74, 6) is 1.17. The van der Waals surface area contributed by atoms with Crippen LogP contribution >= 0.6 is 11.6 Å². The highest BCUT2D eigenvalue weighted by molar-refractivity contribution is 6.30. The number of aliphatic hydroxyl groups excluding tert-OH is 1. The van der Waals surface area contributed by atoms with E-state index in [0.29, 0.717) is 17.4 Å². The quantitative estimate of drug-likeness (QED) is 0.186. The molecule has 0 bridgehead atoms. The summed E-state index contributed by atoms with van der Waals surface area (Å²) in [5.41, 5.74) is 2.44. The maximum absolute atomic E-state index is 11.0. The number of amides is 1. The predicted molar refractivity (Wildman–Crippen MR) is 113 cm³/mol. The van der Waals surface area contributed by atoms with Crippen molar-refractivity contribution in [2.24, 2.45) is 16.8 Å². The average Bonchev–Trinajstić information content (AvgIpc) is 3.14. The molecule has 1 aliphatic rings. The summed E-state index contributed by atoms with van der Waals surface area (Å²) >= 11 is 5.95. The Morgan fingerprint density at radius 2 is 1.96 bits per heavy atom. The molecule has 5 nitrogen and oxygen atoms in total. The fourth-order valence-corrected chi connectivity index (χ4v) is 4.35. The Morgan fingerprint density at radius 1 is 1.21 bits per heavy atom. The van der Waals surface area contributed by atoms with Gasteiger partial charge < -0.3 is 5.11 Å². The molecule has 3 atom stereocenters.